The lowest BCUT2D eigenvalue weighted by Crippen LogP contribution is -2.42. The van der Waals surface area contributed by atoms with Crippen LogP contribution in [-0.4, -0.2) is 42.7 Å². The van der Waals surface area contributed by atoms with Gasteiger partial charge in [0, 0.05) is 24.7 Å². The summed E-state index contributed by atoms with van der Waals surface area (Å²) in [6.45, 7) is 0. The molecule has 1 saturated carbocycles. The average molecular weight is 451 g/mol. The highest BCUT2D eigenvalue weighted by molar-refractivity contribution is 5.97. The molecular weight excluding hydrogens is 428 g/mol. The molecule has 0 spiro atoms. The van der Waals surface area contributed by atoms with Crippen molar-refractivity contribution in [2.75, 3.05) is 5.32 Å². The van der Waals surface area contributed by atoms with Crippen LogP contribution in [0.1, 0.15) is 32.1 Å². The molecule has 8 nitrogen and oxygen atoms in total. The summed E-state index contributed by atoms with van der Waals surface area (Å²) >= 11 is 0. The zero-order chi connectivity index (χ0) is 22.9. The smallest absolute Gasteiger partial charge is 0.251 e. The zero-order valence-corrected chi connectivity index (χ0v) is 18.1. The molecule has 2 N–H and O–H groups in total. The van der Waals surface area contributed by atoms with Crippen molar-refractivity contribution in [2.45, 2.75) is 44.2 Å². The van der Waals surface area contributed by atoms with Crippen molar-refractivity contribution >= 4 is 22.8 Å². The number of carbonyl (C=O) groups excluding carboxylic acids is 1. The number of rotatable bonds is 5. The number of hydrogen-bond donors (Lipinski definition) is 2. The molecule has 2 aliphatic rings. The molecular formula is C23H23F2N7O. The van der Waals surface area contributed by atoms with Crippen molar-refractivity contribution in [1.82, 2.24) is 30.0 Å². The van der Waals surface area contributed by atoms with Gasteiger partial charge in [0.15, 0.2) is 23.1 Å². The van der Waals surface area contributed by atoms with E-state index in [1.807, 2.05) is 18.2 Å². The van der Waals surface area contributed by atoms with Crippen LogP contribution in [-0.2, 0) is 11.8 Å². The number of allylic oxidation sites excluding steroid dienone is 2. The topological polar surface area (TPSA) is 97.6 Å². The molecule has 1 unspecified atom stereocenters. The Kier molecular flexibility index (Phi) is 5.57. The lowest BCUT2D eigenvalue weighted by Gasteiger charge is -2.30. The minimum Gasteiger partial charge on any atom is -0.365 e. The molecule has 5 rings (SSSR count). The summed E-state index contributed by atoms with van der Waals surface area (Å²) in [5.41, 5.74) is 1.49. The van der Waals surface area contributed by atoms with Gasteiger partial charge in [0.2, 0.25) is 0 Å². The van der Waals surface area contributed by atoms with Crippen molar-refractivity contribution in [1.29, 1.82) is 0 Å². The SMILES string of the molecule is Cn1nc(-c2ncc(F)c(NC3CCC[C@@H](NC(=O)C4=CCC=C4)C3)n2)c2cc(F)cnc21. The summed E-state index contributed by atoms with van der Waals surface area (Å²) in [5.74, 6) is -0.932. The van der Waals surface area contributed by atoms with E-state index in [0.29, 0.717) is 28.7 Å². The van der Waals surface area contributed by atoms with Gasteiger partial charge in [-0.25, -0.2) is 28.4 Å². The average Bonchev–Trinajstić information content (AvgIpc) is 3.44. The monoisotopic (exact) mass is 451 g/mol. The van der Waals surface area contributed by atoms with Crippen molar-refractivity contribution in [3.63, 3.8) is 0 Å². The number of pyridine rings is 1. The van der Waals surface area contributed by atoms with E-state index in [4.69, 9.17) is 0 Å². The molecule has 170 valence electrons. The van der Waals surface area contributed by atoms with Gasteiger partial charge >= 0.3 is 0 Å². The van der Waals surface area contributed by atoms with Crippen LogP contribution in [0, 0.1) is 11.6 Å². The number of aromatic nitrogens is 5. The van der Waals surface area contributed by atoms with Gasteiger partial charge in [-0.3, -0.25) is 4.79 Å². The fraction of sp³-hybridized carbons (Fsp3) is 0.348. The van der Waals surface area contributed by atoms with Crippen molar-refractivity contribution < 1.29 is 13.6 Å². The van der Waals surface area contributed by atoms with Crippen LogP contribution >= 0.6 is 0 Å². The van der Waals surface area contributed by atoms with Crippen LogP contribution in [0.2, 0.25) is 0 Å². The summed E-state index contributed by atoms with van der Waals surface area (Å²) in [4.78, 5) is 24.9. The normalized spacial score (nSPS) is 20.2. The fourth-order valence-corrected chi connectivity index (χ4v) is 4.40. The predicted octanol–water partition coefficient (Wildman–Crippen LogP) is 3.43. The molecule has 10 heteroatoms. The van der Waals surface area contributed by atoms with E-state index in [0.717, 1.165) is 38.1 Å². The second-order valence-corrected chi connectivity index (χ2v) is 8.36. The van der Waals surface area contributed by atoms with Crippen LogP contribution in [0.4, 0.5) is 14.6 Å². The molecule has 3 heterocycles. The molecule has 2 atom stereocenters. The number of fused-ring (bicyclic) bond motifs is 1. The Balaban J connectivity index is 1.34. The van der Waals surface area contributed by atoms with Gasteiger partial charge in [-0.05, 0) is 38.2 Å². The van der Waals surface area contributed by atoms with Gasteiger partial charge in [0.1, 0.15) is 11.5 Å². The number of carbonyl (C=O) groups is 1. The molecule has 1 amide bonds. The van der Waals surface area contributed by atoms with Gasteiger partial charge in [-0.15, -0.1) is 0 Å². The Morgan fingerprint density at radius 3 is 2.85 bits per heavy atom. The number of aryl methyl sites for hydroxylation is 1. The van der Waals surface area contributed by atoms with Crippen molar-refractivity contribution in [3.05, 3.63) is 53.9 Å². The van der Waals surface area contributed by atoms with Crippen LogP contribution in [0.25, 0.3) is 22.6 Å². The van der Waals surface area contributed by atoms with Crippen LogP contribution in [0.15, 0.2) is 42.3 Å². The Morgan fingerprint density at radius 2 is 2.03 bits per heavy atom. The first-order valence-corrected chi connectivity index (χ1v) is 10.9. The maximum atomic E-state index is 14.6. The quantitative estimate of drug-likeness (QED) is 0.617. The van der Waals surface area contributed by atoms with Crippen LogP contribution in [0.5, 0.6) is 0 Å². The Morgan fingerprint density at radius 1 is 1.18 bits per heavy atom. The number of hydrogen-bond acceptors (Lipinski definition) is 6. The summed E-state index contributed by atoms with van der Waals surface area (Å²) in [6.07, 6.45) is 11.9. The Labute approximate surface area is 188 Å². The maximum absolute atomic E-state index is 14.6. The fourth-order valence-electron chi connectivity index (χ4n) is 4.40. The minimum absolute atomic E-state index is 0.00296. The van der Waals surface area contributed by atoms with Crippen LogP contribution < -0.4 is 10.6 Å². The number of halogens is 2. The van der Waals surface area contributed by atoms with Crippen molar-refractivity contribution in [2.24, 2.45) is 7.05 Å². The van der Waals surface area contributed by atoms with Crippen molar-refractivity contribution in [3.8, 4) is 11.5 Å². The third kappa shape index (κ3) is 4.33. The number of amides is 1. The highest BCUT2D eigenvalue weighted by Gasteiger charge is 2.26. The van der Waals surface area contributed by atoms with E-state index in [1.165, 1.54) is 10.7 Å². The van der Waals surface area contributed by atoms with Gasteiger partial charge < -0.3 is 10.6 Å². The third-order valence-electron chi connectivity index (χ3n) is 5.98. The molecule has 1 fully saturated rings. The highest BCUT2D eigenvalue weighted by Crippen LogP contribution is 2.28. The second kappa shape index (κ2) is 8.68. The third-order valence-corrected chi connectivity index (χ3v) is 5.98. The van der Waals surface area contributed by atoms with Crippen LogP contribution in [0.3, 0.4) is 0 Å². The standard InChI is InChI=1S/C23H23F2N7O/c1-32-22-17(9-14(24)11-27-22)19(31-32)21-26-12-18(25)20(30-21)28-15-7-4-8-16(10-15)29-23(33)13-5-2-3-6-13/h2,5-6,9,11-12,15-16H,3-4,7-8,10H2,1H3,(H,29,33)(H,26,28,30)/t15?,16-/m1/s1. The Bertz CT molecular complexity index is 1280. The molecule has 2 aliphatic carbocycles. The second-order valence-electron chi connectivity index (χ2n) is 8.36. The largest absolute Gasteiger partial charge is 0.365 e. The van der Waals surface area contributed by atoms with E-state index in [2.05, 4.69) is 30.7 Å². The zero-order valence-electron chi connectivity index (χ0n) is 18.1. The first kappa shape index (κ1) is 21.2. The van der Waals surface area contributed by atoms with E-state index in [-0.39, 0.29) is 29.6 Å². The maximum Gasteiger partial charge on any atom is 0.251 e. The van der Waals surface area contributed by atoms with Gasteiger partial charge in [-0.2, -0.15) is 5.10 Å². The predicted molar refractivity (Wildman–Crippen MR) is 119 cm³/mol. The molecule has 0 aromatic carbocycles. The van der Waals surface area contributed by atoms with E-state index in [1.54, 1.807) is 7.05 Å². The Hall–Kier alpha value is -3.69. The molecule has 0 bridgehead atoms. The first-order valence-electron chi connectivity index (χ1n) is 10.9. The summed E-state index contributed by atoms with van der Waals surface area (Å²) < 4.78 is 29.8. The van der Waals surface area contributed by atoms with Gasteiger partial charge in [0.25, 0.3) is 5.91 Å². The molecule has 0 radical (unpaired) electrons. The molecule has 3 aromatic rings. The molecule has 3 aromatic heterocycles. The van der Waals surface area contributed by atoms with E-state index in [9.17, 15) is 13.6 Å². The van der Waals surface area contributed by atoms with E-state index < -0.39 is 11.6 Å². The van der Waals surface area contributed by atoms with Gasteiger partial charge in [-0.1, -0.05) is 18.2 Å². The minimum atomic E-state index is -0.587. The molecule has 0 aliphatic heterocycles. The highest BCUT2D eigenvalue weighted by atomic mass is 19.1. The number of nitrogens with one attached hydrogen (secondary N) is 2. The van der Waals surface area contributed by atoms with E-state index >= 15 is 0 Å². The first-order chi connectivity index (χ1) is 16.0. The number of nitrogens with zero attached hydrogens (tertiary/aromatic N) is 5. The lowest BCUT2D eigenvalue weighted by molar-refractivity contribution is -0.118. The summed E-state index contributed by atoms with van der Waals surface area (Å²) in [7, 11) is 1.69. The summed E-state index contributed by atoms with van der Waals surface area (Å²) in [6, 6.07) is 1.25. The molecule has 0 saturated heterocycles. The lowest BCUT2D eigenvalue weighted by atomic mass is 9.90. The molecule has 33 heavy (non-hydrogen) atoms. The summed E-state index contributed by atoms with van der Waals surface area (Å²) in [5, 5.41) is 11.0. The van der Waals surface area contributed by atoms with Gasteiger partial charge in [0.05, 0.1) is 17.8 Å². The number of anilines is 1.